The number of nitrogens with one attached hydrogen (secondary N) is 1. The zero-order valence-electron chi connectivity index (χ0n) is 19.8. The molecule has 38 heavy (non-hydrogen) atoms. The largest absolute Gasteiger partial charge is 0.437 e. The molecule has 0 aliphatic rings. The molecule has 4 aromatic rings. The second kappa shape index (κ2) is 9.52. The fourth-order valence-corrected chi connectivity index (χ4v) is 4.42. The highest BCUT2D eigenvalue weighted by atomic mass is 32.2. The third-order valence-electron chi connectivity index (χ3n) is 5.68. The lowest BCUT2D eigenvalue weighted by molar-refractivity contribution is -0.140. The molecule has 0 unspecified atom stereocenters. The summed E-state index contributed by atoms with van der Waals surface area (Å²) >= 11 is 0. The average molecular weight is 550 g/mol. The van der Waals surface area contributed by atoms with Gasteiger partial charge in [0.2, 0.25) is 0 Å². The maximum atomic E-state index is 14.6. The van der Waals surface area contributed by atoms with Crippen LogP contribution in [-0.4, -0.2) is 41.3 Å². The van der Waals surface area contributed by atoms with Gasteiger partial charge < -0.3 is 11.1 Å². The summed E-state index contributed by atoms with van der Waals surface area (Å²) in [5.74, 6) is -3.04. The molecule has 198 valence electrons. The van der Waals surface area contributed by atoms with E-state index >= 15 is 0 Å². The lowest BCUT2D eigenvalue weighted by Gasteiger charge is -2.12. The minimum atomic E-state index is -4.97. The lowest BCUT2D eigenvalue weighted by Crippen LogP contribution is -2.20. The highest BCUT2D eigenvalue weighted by molar-refractivity contribution is 7.90. The Kier molecular flexibility index (Phi) is 6.69. The van der Waals surface area contributed by atoms with E-state index in [1.54, 1.807) is 0 Å². The van der Waals surface area contributed by atoms with Gasteiger partial charge in [-0.25, -0.2) is 17.8 Å². The summed E-state index contributed by atoms with van der Waals surface area (Å²) in [5, 5.41) is 5.47. The molecule has 14 heteroatoms. The Morgan fingerprint density at radius 1 is 1.11 bits per heavy atom. The molecule has 0 atom stereocenters. The number of hydrogen-bond acceptors (Lipinski definition) is 6. The summed E-state index contributed by atoms with van der Waals surface area (Å²) < 4.78 is 80.6. The Labute approximate surface area is 213 Å². The van der Waals surface area contributed by atoms with Crippen molar-refractivity contribution in [2.24, 2.45) is 5.73 Å². The first kappa shape index (κ1) is 26.7. The molecular formula is C24H19F4N5O4S. The van der Waals surface area contributed by atoms with Gasteiger partial charge in [0, 0.05) is 11.6 Å². The molecule has 2 heterocycles. The van der Waals surface area contributed by atoms with Crippen molar-refractivity contribution in [1.29, 1.82) is 0 Å². The number of alkyl halides is 3. The van der Waals surface area contributed by atoms with Crippen LogP contribution in [0.5, 0.6) is 0 Å². The molecule has 0 radical (unpaired) electrons. The molecule has 0 saturated carbocycles. The van der Waals surface area contributed by atoms with Crippen molar-refractivity contribution < 1.29 is 35.6 Å². The zero-order chi connectivity index (χ0) is 28.0. The fraction of sp³-hybridized carbons (Fsp3) is 0.167. The molecule has 0 spiro atoms. The molecule has 9 nitrogen and oxygen atoms in total. The molecule has 2 aromatic heterocycles. The second-order valence-corrected chi connectivity index (χ2v) is 10.4. The van der Waals surface area contributed by atoms with E-state index in [-0.39, 0.29) is 33.7 Å². The minimum absolute atomic E-state index is 0.0366. The number of pyridine rings is 1. The normalized spacial score (nSPS) is 12.1. The van der Waals surface area contributed by atoms with Crippen LogP contribution >= 0.6 is 0 Å². The predicted molar refractivity (Wildman–Crippen MR) is 129 cm³/mol. The van der Waals surface area contributed by atoms with Gasteiger partial charge in [-0.05, 0) is 42.8 Å². The summed E-state index contributed by atoms with van der Waals surface area (Å²) in [6.07, 6.45) is -3.95. The van der Waals surface area contributed by atoms with Gasteiger partial charge in [-0.3, -0.25) is 14.3 Å². The molecule has 0 bridgehead atoms. The van der Waals surface area contributed by atoms with Crippen LogP contribution in [0.2, 0.25) is 0 Å². The number of carbonyl (C=O) groups is 2. The van der Waals surface area contributed by atoms with Gasteiger partial charge in [0.25, 0.3) is 11.8 Å². The van der Waals surface area contributed by atoms with Gasteiger partial charge in [-0.15, -0.1) is 0 Å². The quantitative estimate of drug-likeness (QED) is 0.352. The monoisotopic (exact) mass is 549 g/mol. The van der Waals surface area contributed by atoms with E-state index < -0.39 is 50.6 Å². The number of nitrogens with zero attached hydrogens (tertiary/aromatic N) is 3. The number of carbonyl (C=O) groups excluding carboxylic acids is 2. The van der Waals surface area contributed by atoms with Crippen LogP contribution in [-0.2, 0) is 22.6 Å². The van der Waals surface area contributed by atoms with Gasteiger partial charge in [0.15, 0.2) is 15.5 Å². The molecule has 4 rings (SSSR count). The molecule has 0 saturated heterocycles. The third-order valence-corrected chi connectivity index (χ3v) is 6.81. The van der Waals surface area contributed by atoms with Crippen LogP contribution in [0.25, 0.3) is 10.9 Å². The van der Waals surface area contributed by atoms with Crippen LogP contribution in [0.3, 0.4) is 0 Å². The molecule has 0 aliphatic carbocycles. The number of primary amides is 1. The zero-order valence-corrected chi connectivity index (χ0v) is 20.6. The summed E-state index contributed by atoms with van der Waals surface area (Å²) in [6, 6.07) is 10.0. The Hall–Kier alpha value is -4.33. The summed E-state index contributed by atoms with van der Waals surface area (Å²) in [7, 11) is -3.47. The van der Waals surface area contributed by atoms with Crippen molar-refractivity contribution in [2.75, 3.05) is 11.6 Å². The first-order valence-corrected chi connectivity index (χ1v) is 12.7. The van der Waals surface area contributed by atoms with Crippen molar-refractivity contribution >= 4 is 38.2 Å². The molecule has 0 aliphatic heterocycles. The van der Waals surface area contributed by atoms with Crippen LogP contribution in [0, 0.1) is 12.7 Å². The number of aromatic nitrogens is 3. The fourth-order valence-electron chi connectivity index (χ4n) is 3.79. The molecule has 2 amide bonds. The SMILES string of the molecule is Cc1c(NC(=O)c2cc(C(N)=O)nc3cccc(F)c23)c(C(F)(F)F)nn1Cc1ccc(S(C)(=O)=O)cc1. The third kappa shape index (κ3) is 5.20. The van der Waals surface area contributed by atoms with Crippen LogP contribution < -0.4 is 11.1 Å². The Morgan fingerprint density at radius 2 is 1.76 bits per heavy atom. The van der Waals surface area contributed by atoms with Crippen molar-refractivity contribution in [1.82, 2.24) is 14.8 Å². The van der Waals surface area contributed by atoms with Gasteiger partial charge in [0.05, 0.1) is 33.9 Å². The van der Waals surface area contributed by atoms with Gasteiger partial charge >= 0.3 is 6.18 Å². The average Bonchev–Trinajstić information content (AvgIpc) is 3.13. The number of amides is 2. The summed E-state index contributed by atoms with van der Waals surface area (Å²) in [5.41, 5.74) is 2.64. The van der Waals surface area contributed by atoms with Gasteiger partial charge in [0.1, 0.15) is 11.5 Å². The van der Waals surface area contributed by atoms with Crippen molar-refractivity contribution in [2.45, 2.75) is 24.5 Å². The van der Waals surface area contributed by atoms with Gasteiger partial charge in [-0.1, -0.05) is 18.2 Å². The summed E-state index contributed by atoms with van der Waals surface area (Å²) in [6.45, 7) is 1.12. The molecule has 0 fully saturated rings. The van der Waals surface area contributed by atoms with Crippen molar-refractivity contribution in [3.63, 3.8) is 0 Å². The number of rotatable bonds is 6. The lowest BCUT2D eigenvalue weighted by atomic mass is 10.1. The number of benzene rings is 2. The van der Waals surface area contributed by atoms with Crippen molar-refractivity contribution in [3.05, 3.63) is 82.6 Å². The van der Waals surface area contributed by atoms with E-state index in [4.69, 9.17) is 5.73 Å². The van der Waals surface area contributed by atoms with E-state index in [1.807, 2.05) is 0 Å². The number of anilines is 1. The standard InChI is InChI=1S/C24H19F4N5O4S/c1-12-20(31-23(35)15-10-18(22(29)34)30-17-5-3-4-16(25)19(15)17)21(24(26,27)28)32-33(12)11-13-6-8-14(9-7-13)38(2,36)37/h3-10H,11H2,1-2H3,(H2,29,34)(H,31,35). The number of hydrogen-bond donors (Lipinski definition) is 2. The van der Waals surface area contributed by atoms with Crippen molar-refractivity contribution in [3.8, 4) is 0 Å². The predicted octanol–water partition coefficient (Wildman–Crippen LogP) is 3.70. The first-order chi connectivity index (χ1) is 17.7. The Morgan fingerprint density at radius 3 is 2.34 bits per heavy atom. The smallest absolute Gasteiger partial charge is 0.364 e. The van der Waals surface area contributed by atoms with Gasteiger partial charge in [-0.2, -0.15) is 18.3 Å². The maximum Gasteiger partial charge on any atom is 0.437 e. The van der Waals surface area contributed by atoms with E-state index in [9.17, 15) is 35.6 Å². The van der Waals surface area contributed by atoms with E-state index in [0.29, 0.717) is 5.56 Å². The molecule has 3 N–H and O–H groups in total. The number of nitrogens with two attached hydrogens (primary N) is 1. The van der Waals surface area contributed by atoms with E-state index in [1.165, 1.54) is 43.3 Å². The van der Waals surface area contributed by atoms with E-state index in [2.05, 4.69) is 15.4 Å². The summed E-state index contributed by atoms with van der Waals surface area (Å²) in [4.78, 5) is 28.8. The maximum absolute atomic E-state index is 14.6. The van der Waals surface area contributed by atoms with Crippen LogP contribution in [0.4, 0.5) is 23.2 Å². The molecule has 2 aromatic carbocycles. The second-order valence-electron chi connectivity index (χ2n) is 8.39. The number of fused-ring (bicyclic) bond motifs is 1. The van der Waals surface area contributed by atoms with Crippen LogP contribution in [0.15, 0.2) is 53.4 Å². The highest BCUT2D eigenvalue weighted by Gasteiger charge is 2.39. The first-order valence-electron chi connectivity index (χ1n) is 10.8. The minimum Gasteiger partial charge on any atom is -0.364 e. The Bertz CT molecular complexity index is 1700. The number of halogens is 4. The Balaban J connectivity index is 1.76. The molecular weight excluding hydrogens is 530 g/mol. The van der Waals surface area contributed by atoms with E-state index in [0.717, 1.165) is 23.1 Å². The topological polar surface area (TPSA) is 137 Å². The van der Waals surface area contributed by atoms with Crippen LogP contribution in [0.1, 0.15) is 37.8 Å². The number of sulfone groups is 1. The highest BCUT2D eigenvalue weighted by Crippen LogP contribution is 2.36.